The van der Waals surface area contributed by atoms with Gasteiger partial charge in [0.25, 0.3) is 0 Å². The second-order valence-electron chi connectivity index (χ2n) is 4.05. The molecule has 0 spiro atoms. The number of carbonyl (C=O) groups is 1. The average Bonchev–Trinajstić information content (AvgIpc) is 2.27. The molecule has 0 aliphatic heterocycles. The first-order valence-corrected chi connectivity index (χ1v) is 6.01. The van der Waals surface area contributed by atoms with Crippen molar-refractivity contribution in [1.82, 2.24) is 5.32 Å². The molecular formula is C13H18ClNO. The molecule has 0 fully saturated rings. The van der Waals surface area contributed by atoms with Gasteiger partial charge in [0, 0.05) is 6.04 Å². The summed E-state index contributed by atoms with van der Waals surface area (Å²) in [5.74, 6) is -0.0952. The third-order valence-corrected chi connectivity index (χ3v) is 2.66. The van der Waals surface area contributed by atoms with E-state index in [0.29, 0.717) is 0 Å². The van der Waals surface area contributed by atoms with Gasteiger partial charge in [-0.2, -0.15) is 0 Å². The van der Waals surface area contributed by atoms with E-state index < -0.39 is 5.38 Å². The van der Waals surface area contributed by atoms with E-state index in [2.05, 4.69) is 17.4 Å². The van der Waals surface area contributed by atoms with Crippen molar-refractivity contribution in [3.63, 3.8) is 0 Å². The lowest BCUT2D eigenvalue weighted by molar-refractivity contribution is -0.121. The minimum Gasteiger partial charge on any atom is -0.352 e. The summed E-state index contributed by atoms with van der Waals surface area (Å²) in [5, 5.41) is 2.42. The van der Waals surface area contributed by atoms with Gasteiger partial charge in [-0.05, 0) is 32.3 Å². The zero-order valence-corrected chi connectivity index (χ0v) is 10.5. The van der Waals surface area contributed by atoms with Gasteiger partial charge >= 0.3 is 0 Å². The molecule has 0 saturated carbocycles. The monoisotopic (exact) mass is 239 g/mol. The Hall–Kier alpha value is -1.02. The second-order valence-corrected chi connectivity index (χ2v) is 4.70. The number of nitrogens with one attached hydrogen (secondary N) is 1. The fourth-order valence-electron chi connectivity index (χ4n) is 1.46. The number of rotatable bonds is 5. The molecule has 1 amide bonds. The first-order chi connectivity index (χ1) is 7.59. The van der Waals surface area contributed by atoms with Crippen LogP contribution in [0.15, 0.2) is 30.3 Å². The standard InChI is InChI=1S/C13H18ClNO/c1-10(15-13(16)11(2)14)8-9-12-6-4-3-5-7-12/h3-7,10-11H,8-9H2,1-2H3,(H,15,16). The Labute approximate surface area is 102 Å². The molecule has 0 saturated heterocycles. The fourth-order valence-corrected chi connectivity index (χ4v) is 1.52. The van der Waals surface area contributed by atoms with Crippen molar-refractivity contribution in [2.45, 2.75) is 38.1 Å². The van der Waals surface area contributed by atoms with Crippen molar-refractivity contribution in [3.8, 4) is 0 Å². The largest absolute Gasteiger partial charge is 0.352 e. The number of carbonyl (C=O) groups excluding carboxylic acids is 1. The van der Waals surface area contributed by atoms with Crippen molar-refractivity contribution in [2.24, 2.45) is 0 Å². The number of aryl methyl sites for hydroxylation is 1. The summed E-state index contributed by atoms with van der Waals surface area (Å²) in [6.07, 6.45) is 1.90. The molecule has 0 aromatic heterocycles. The SMILES string of the molecule is CC(CCc1ccccc1)NC(=O)C(C)Cl. The maximum absolute atomic E-state index is 11.3. The zero-order valence-electron chi connectivity index (χ0n) is 9.74. The van der Waals surface area contributed by atoms with E-state index in [0.717, 1.165) is 12.8 Å². The molecule has 1 aromatic rings. The summed E-state index contributed by atoms with van der Waals surface area (Å²) in [4.78, 5) is 11.3. The highest BCUT2D eigenvalue weighted by Gasteiger charge is 2.11. The first-order valence-electron chi connectivity index (χ1n) is 5.58. The number of halogens is 1. The van der Waals surface area contributed by atoms with Gasteiger partial charge in [-0.15, -0.1) is 11.6 Å². The maximum atomic E-state index is 11.3. The van der Waals surface area contributed by atoms with E-state index in [1.807, 2.05) is 25.1 Å². The fraction of sp³-hybridized carbons (Fsp3) is 0.462. The van der Waals surface area contributed by atoms with Crippen LogP contribution in [0, 0.1) is 0 Å². The second kappa shape index (κ2) is 6.54. The smallest absolute Gasteiger partial charge is 0.237 e. The van der Waals surface area contributed by atoms with Crippen LogP contribution in [0.5, 0.6) is 0 Å². The molecule has 2 atom stereocenters. The van der Waals surface area contributed by atoms with Gasteiger partial charge in [0.15, 0.2) is 0 Å². The van der Waals surface area contributed by atoms with E-state index >= 15 is 0 Å². The lowest BCUT2D eigenvalue weighted by Crippen LogP contribution is -2.37. The Morgan fingerprint density at radius 3 is 2.50 bits per heavy atom. The summed E-state index contributed by atoms with van der Waals surface area (Å²) >= 11 is 5.68. The third kappa shape index (κ3) is 4.67. The molecular weight excluding hydrogens is 222 g/mol. The molecule has 16 heavy (non-hydrogen) atoms. The van der Waals surface area contributed by atoms with Crippen LogP contribution < -0.4 is 5.32 Å². The Morgan fingerprint density at radius 1 is 1.31 bits per heavy atom. The molecule has 0 radical (unpaired) electrons. The van der Waals surface area contributed by atoms with Crippen LogP contribution in [-0.4, -0.2) is 17.3 Å². The number of amides is 1. The molecule has 0 heterocycles. The van der Waals surface area contributed by atoms with Gasteiger partial charge in [0.05, 0.1) is 0 Å². The summed E-state index contributed by atoms with van der Waals surface area (Å²) in [7, 11) is 0. The van der Waals surface area contributed by atoms with Crippen molar-refractivity contribution in [3.05, 3.63) is 35.9 Å². The van der Waals surface area contributed by atoms with Crippen LogP contribution in [0.3, 0.4) is 0 Å². The van der Waals surface area contributed by atoms with Gasteiger partial charge in [-0.1, -0.05) is 30.3 Å². The van der Waals surface area contributed by atoms with Crippen LogP contribution in [0.1, 0.15) is 25.8 Å². The molecule has 1 aromatic carbocycles. The highest BCUT2D eigenvalue weighted by molar-refractivity contribution is 6.30. The summed E-state index contributed by atoms with van der Waals surface area (Å²) in [5.41, 5.74) is 1.29. The number of benzene rings is 1. The van der Waals surface area contributed by atoms with Gasteiger partial charge in [-0.3, -0.25) is 4.79 Å². The highest BCUT2D eigenvalue weighted by Crippen LogP contribution is 2.05. The van der Waals surface area contributed by atoms with Gasteiger partial charge in [0.1, 0.15) is 5.38 Å². The number of hydrogen-bond acceptors (Lipinski definition) is 1. The van der Waals surface area contributed by atoms with E-state index in [-0.39, 0.29) is 11.9 Å². The van der Waals surface area contributed by atoms with Crippen molar-refractivity contribution in [2.75, 3.05) is 0 Å². The van der Waals surface area contributed by atoms with E-state index in [1.54, 1.807) is 6.92 Å². The summed E-state index contributed by atoms with van der Waals surface area (Å²) < 4.78 is 0. The average molecular weight is 240 g/mol. The predicted octanol–water partition coefficient (Wildman–Crippen LogP) is 2.75. The Kier molecular flexibility index (Phi) is 5.33. The summed E-state index contributed by atoms with van der Waals surface area (Å²) in [6.45, 7) is 3.68. The third-order valence-electron chi connectivity index (χ3n) is 2.46. The first kappa shape index (κ1) is 13.0. The quantitative estimate of drug-likeness (QED) is 0.787. The number of hydrogen-bond donors (Lipinski definition) is 1. The minimum atomic E-state index is -0.459. The normalized spacial score (nSPS) is 14.2. The predicted molar refractivity (Wildman–Crippen MR) is 67.7 cm³/mol. The molecule has 2 nitrogen and oxygen atoms in total. The van der Waals surface area contributed by atoms with Crippen LogP contribution >= 0.6 is 11.6 Å². The van der Waals surface area contributed by atoms with Crippen LogP contribution in [0.25, 0.3) is 0 Å². The van der Waals surface area contributed by atoms with Crippen molar-refractivity contribution in [1.29, 1.82) is 0 Å². The van der Waals surface area contributed by atoms with Crippen molar-refractivity contribution < 1.29 is 4.79 Å². The molecule has 1 N–H and O–H groups in total. The Bertz CT molecular complexity index is 324. The zero-order chi connectivity index (χ0) is 12.0. The molecule has 88 valence electrons. The van der Waals surface area contributed by atoms with Crippen molar-refractivity contribution >= 4 is 17.5 Å². The van der Waals surface area contributed by atoms with Gasteiger partial charge < -0.3 is 5.32 Å². The molecule has 0 aliphatic carbocycles. The van der Waals surface area contributed by atoms with Crippen LogP contribution in [-0.2, 0) is 11.2 Å². The van der Waals surface area contributed by atoms with Gasteiger partial charge in [0.2, 0.25) is 5.91 Å². The number of alkyl halides is 1. The molecule has 1 rings (SSSR count). The van der Waals surface area contributed by atoms with E-state index in [1.165, 1.54) is 5.56 Å². The lowest BCUT2D eigenvalue weighted by Gasteiger charge is -2.14. The minimum absolute atomic E-state index is 0.0952. The summed E-state index contributed by atoms with van der Waals surface area (Å²) in [6, 6.07) is 10.4. The van der Waals surface area contributed by atoms with Crippen LogP contribution in [0.2, 0.25) is 0 Å². The topological polar surface area (TPSA) is 29.1 Å². The van der Waals surface area contributed by atoms with Crippen LogP contribution in [0.4, 0.5) is 0 Å². The van der Waals surface area contributed by atoms with Gasteiger partial charge in [-0.25, -0.2) is 0 Å². The molecule has 0 aliphatic rings. The molecule has 0 bridgehead atoms. The highest BCUT2D eigenvalue weighted by atomic mass is 35.5. The molecule has 2 unspecified atom stereocenters. The lowest BCUT2D eigenvalue weighted by atomic mass is 10.1. The Morgan fingerprint density at radius 2 is 1.94 bits per heavy atom. The maximum Gasteiger partial charge on any atom is 0.237 e. The molecule has 3 heteroatoms. The van der Waals surface area contributed by atoms with E-state index in [9.17, 15) is 4.79 Å². The van der Waals surface area contributed by atoms with E-state index in [4.69, 9.17) is 11.6 Å². The Balaban J connectivity index is 2.30.